The average molecular weight is 374 g/mol. The van der Waals surface area contributed by atoms with E-state index in [2.05, 4.69) is 15.3 Å². The smallest absolute Gasteiger partial charge is 0.312 e. The fraction of sp³-hybridized carbons (Fsp3) is 0.312. The highest BCUT2D eigenvalue weighted by Gasteiger charge is 2.27. The van der Waals surface area contributed by atoms with E-state index in [-0.39, 0.29) is 11.7 Å². The number of nitrogens with zero attached hydrogens (tertiary/aromatic N) is 5. The van der Waals surface area contributed by atoms with Gasteiger partial charge >= 0.3 is 5.69 Å². The molecule has 136 valence electrons. The van der Waals surface area contributed by atoms with Crippen molar-refractivity contribution >= 4 is 17.9 Å². The molecular formula is C16H18N6O3S. The van der Waals surface area contributed by atoms with E-state index in [1.54, 1.807) is 30.2 Å². The van der Waals surface area contributed by atoms with Gasteiger partial charge < -0.3 is 4.74 Å². The molecule has 10 heteroatoms. The summed E-state index contributed by atoms with van der Waals surface area (Å²) < 4.78 is 8.98. The molecule has 2 aromatic heterocycles. The van der Waals surface area contributed by atoms with Gasteiger partial charge in [-0.15, -0.1) is 0 Å². The average Bonchev–Trinajstić information content (AvgIpc) is 3.14. The predicted molar refractivity (Wildman–Crippen MR) is 97.5 cm³/mol. The van der Waals surface area contributed by atoms with E-state index in [0.29, 0.717) is 22.0 Å². The Morgan fingerprint density at radius 2 is 1.96 bits per heavy atom. The van der Waals surface area contributed by atoms with Crippen LogP contribution in [0.2, 0.25) is 0 Å². The Balaban J connectivity index is 2.10. The normalized spacial score (nSPS) is 12.2. The fourth-order valence-corrected chi connectivity index (χ4v) is 3.22. The Labute approximate surface area is 154 Å². The minimum absolute atomic E-state index is 0.0157. The summed E-state index contributed by atoms with van der Waals surface area (Å²) in [5.74, 6) is 1.33. The van der Waals surface area contributed by atoms with Crippen molar-refractivity contribution in [1.29, 1.82) is 0 Å². The number of rotatable bonds is 5. The van der Waals surface area contributed by atoms with Crippen LogP contribution in [0.1, 0.15) is 30.2 Å². The molecular weight excluding hydrogens is 356 g/mol. The zero-order valence-electron chi connectivity index (χ0n) is 14.8. The van der Waals surface area contributed by atoms with Gasteiger partial charge in [-0.1, -0.05) is 0 Å². The number of benzene rings is 1. The van der Waals surface area contributed by atoms with Gasteiger partial charge in [0.05, 0.1) is 12.0 Å². The van der Waals surface area contributed by atoms with Crippen molar-refractivity contribution in [2.45, 2.75) is 26.8 Å². The molecule has 0 aliphatic carbocycles. The van der Waals surface area contributed by atoms with Crippen LogP contribution in [0.4, 0.5) is 5.69 Å². The SMILES string of the molecule is COc1ccc(-n2c([C@H](C)n3nc(C)c([N+](=O)[O-])c3C)n[nH]c2=S)cc1. The number of hydrogen-bond acceptors (Lipinski definition) is 6. The zero-order chi connectivity index (χ0) is 19.0. The predicted octanol–water partition coefficient (Wildman–Crippen LogP) is 3.27. The Morgan fingerprint density at radius 1 is 1.31 bits per heavy atom. The number of ether oxygens (including phenoxy) is 1. The molecule has 0 bridgehead atoms. The second-order valence-corrected chi connectivity index (χ2v) is 6.20. The summed E-state index contributed by atoms with van der Waals surface area (Å²) in [5, 5.41) is 22.7. The van der Waals surface area contributed by atoms with E-state index >= 15 is 0 Å². The van der Waals surface area contributed by atoms with Crippen molar-refractivity contribution in [2.24, 2.45) is 0 Å². The first-order valence-corrected chi connectivity index (χ1v) is 8.27. The minimum Gasteiger partial charge on any atom is -0.497 e. The number of aromatic nitrogens is 5. The maximum absolute atomic E-state index is 11.3. The zero-order valence-corrected chi connectivity index (χ0v) is 15.6. The van der Waals surface area contributed by atoms with Gasteiger partial charge in [-0.2, -0.15) is 10.2 Å². The van der Waals surface area contributed by atoms with Crippen LogP contribution in [0.15, 0.2) is 24.3 Å². The van der Waals surface area contributed by atoms with Crippen molar-refractivity contribution in [2.75, 3.05) is 7.11 Å². The molecule has 3 aromatic rings. The second-order valence-electron chi connectivity index (χ2n) is 5.82. The highest BCUT2D eigenvalue weighted by molar-refractivity contribution is 7.71. The lowest BCUT2D eigenvalue weighted by molar-refractivity contribution is -0.386. The van der Waals surface area contributed by atoms with Crippen LogP contribution >= 0.6 is 12.2 Å². The number of H-pyrrole nitrogens is 1. The molecule has 1 N–H and O–H groups in total. The minimum atomic E-state index is -0.415. The topological polar surface area (TPSA) is 104 Å². The van der Waals surface area contributed by atoms with E-state index in [4.69, 9.17) is 17.0 Å². The molecule has 2 heterocycles. The van der Waals surface area contributed by atoms with Gasteiger partial charge in [0.1, 0.15) is 23.2 Å². The van der Waals surface area contributed by atoms with E-state index < -0.39 is 4.92 Å². The van der Waals surface area contributed by atoms with E-state index in [0.717, 1.165) is 11.4 Å². The van der Waals surface area contributed by atoms with Gasteiger partial charge in [0.15, 0.2) is 10.6 Å². The molecule has 3 rings (SSSR count). The number of nitro groups is 1. The first kappa shape index (κ1) is 17.8. The molecule has 0 spiro atoms. The Hall–Kier alpha value is -3.01. The number of hydrogen-bond donors (Lipinski definition) is 1. The highest BCUT2D eigenvalue weighted by Crippen LogP contribution is 2.28. The van der Waals surface area contributed by atoms with Crippen LogP contribution in [0.3, 0.4) is 0 Å². The summed E-state index contributed by atoms with van der Waals surface area (Å²) in [7, 11) is 1.60. The third-order valence-electron chi connectivity index (χ3n) is 4.24. The Morgan fingerprint density at radius 3 is 2.50 bits per heavy atom. The van der Waals surface area contributed by atoms with Crippen molar-refractivity contribution in [1.82, 2.24) is 24.5 Å². The van der Waals surface area contributed by atoms with Gasteiger partial charge in [0, 0.05) is 5.69 Å². The molecule has 0 radical (unpaired) electrons. The highest BCUT2D eigenvalue weighted by atomic mass is 32.1. The maximum Gasteiger partial charge on any atom is 0.312 e. The van der Waals surface area contributed by atoms with E-state index in [1.165, 1.54) is 0 Å². The largest absolute Gasteiger partial charge is 0.497 e. The maximum atomic E-state index is 11.3. The second kappa shape index (κ2) is 6.71. The molecule has 0 aliphatic rings. The number of aryl methyl sites for hydroxylation is 1. The molecule has 0 fully saturated rings. The quantitative estimate of drug-likeness (QED) is 0.418. The van der Waals surface area contributed by atoms with Crippen molar-refractivity contribution in [3.05, 3.63) is 56.4 Å². The van der Waals surface area contributed by atoms with Crippen LogP contribution in [-0.2, 0) is 0 Å². The lowest BCUT2D eigenvalue weighted by atomic mass is 10.2. The summed E-state index contributed by atoms with van der Waals surface area (Å²) >= 11 is 5.37. The first-order chi connectivity index (χ1) is 12.3. The summed E-state index contributed by atoms with van der Waals surface area (Å²) in [6.07, 6.45) is 0. The van der Waals surface area contributed by atoms with Gasteiger partial charge in [-0.05, 0) is 57.3 Å². The Kier molecular flexibility index (Phi) is 4.60. The lowest BCUT2D eigenvalue weighted by Gasteiger charge is -2.15. The number of methoxy groups -OCH3 is 1. The van der Waals surface area contributed by atoms with Crippen LogP contribution in [-0.4, -0.2) is 36.6 Å². The van der Waals surface area contributed by atoms with Crippen molar-refractivity contribution in [3.63, 3.8) is 0 Å². The monoisotopic (exact) mass is 374 g/mol. The third-order valence-corrected chi connectivity index (χ3v) is 4.51. The van der Waals surface area contributed by atoms with E-state index in [9.17, 15) is 10.1 Å². The van der Waals surface area contributed by atoms with Gasteiger partial charge in [-0.3, -0.25) is 24.5 Å². The lowest BCUT2D eigenvalue weighted by Crippen LogP contribution is -2.15. The number of aromatic amines is 1. The molecule has 0 aliphatic heterocycles. The fourth-order valence-electron chi connectivity index (χ4n) is 2.98. The molecule has 26 heavy (non-hydrogen) atoms. The van der Waals surface area contributed by atoms with Crippen LogP contribution < -0.4 is 4.74 Å². The Bertz CT molecular complexity index is 1020. The number of nitrogens with one attached hydrogen (secondary N) is 1. The van der Waals surface area contributed by atoms with Gasteiger partial charge in [-0.25, -0.2) is 0 Å². The molecule has 1 atom stereocenters. The standard InChI is InChI=1S/C16H18N6O3S/c1-9-14(22(23)24)10(2)21(19-9)11(3)15-17-18-16(26)20(15)12-5-7-13(25-4)8-6-12/h5-8,11H,1-4H3,(H,18,26)/t11-/m0/s1. The molecule has 0 saturated carbocycles. The molecule has 0 amide bonds. The van der Waals surface area contributed by atoms with Crippen molar-refractivity contribution in [3.8, 4) is 11.4 Å². The molecule has 9 nitrogen and oxygen atoms in total. The summed E-state index contributed by atoms with van der Waals surface area (Å²) in [6.45, 7) is 5.16. The van der Waals surface area contributed by atoms with Crippen LogP contribution in [0, 0.1) is 28.7 Å². The first-order valence-electron chi connectivity index (χ1n) is 7.87. The molecule has 0 unspecified atom stereocenters. The van der Waals surface area contributed by atoms with Crippen molar-refractivity contribution < 1.29 is 9.66 Å². The van der Waals surface area contributed by atoms with E-state index in [1.807, 2.05) is 31.2 Å². The third kappa shape index (κ3) is 2.88. The summed E-state index contributed by atoms with van der Waals surface area (Å²) in [4.78, 5) is 10.8. The van der Waals surface area contributed by atoms with Crippen LogP contribution in [0.25, 0.3) is 5.69 Å². The summed E-state index contributed by atoms with van der Waals surface area (Å²) in [5.41, 5.74) is 1.66. The molecule has 0 saturated heterocycles. The van der Waals surface area contributed by atoms with Gasteiger partial charge in [0.2, 0.25) is 0 Å². The molecule has 1 aromatic carbocycles. The summed E-state index contributed by atoms with van der Waals surface area (Å²) in [6, 6.07) is 7.02. The van der Waals surface area contributed by atoms with Crippen LogP contribution in [0.5, 0.6) is 5.75 Å². The van der Waals surface area contributed by atoms with Gasteiger partial charge in [0.25, 0.3) is 0 Å².